The molecule has 6 nitrogen and oxygen atoms in total. The molecule has 3 rings (SSSR count). The molecule has 2 aromatic rings. The van der Waals surface area contributed by atoms with Gasteiger partial charge >= 0.3 is 0 Å². The second-order valence-electron chi connectivity index (χ2n) is 7.30. The molecule has 0 bridgehead atoms. The highest BCUT2D eigenvalue weighted by molar-refractivity contribution is 7.98. The summed E-state index contributed by atoms with van der Waals surface area (Å²) in [6.45, 7) is 7.85. The van der Waals surface area contributed by atoms with Crippen LogP contribution in [0, 0.1) is 6.92 Å². The maximum atomic E-state index is 13.2. The van der Waals surface area contributed by atoms with Crippen molar-refractivity contribution < 1.29 is 9.59 Å². The lowest BCUT2D eigenvalue weighted by Crippen LogP contribution is -2.50. The Kier molecular flexibility index (Phi) is 6.80. The molecule has 0 aliphatic carbocycles. The van der Waals surface area contributed by atoms with Gasteiger partial charge in [-0.25, -0.2) is 9.97 Å². The number of aryl methyl sites for hydroxylation is 1. The smallest absolute Gasteiger partial charge is 0.258 e. The van der Waals surface area contributed by atoms with Crippen LogP contribution in [0.15, 0.2) is 29.3 Å². The number of carbonyl (C=O) groups excluding carboxylic acids is 2. The lowest BCUT2D eigenvalue weighted by Gasteiger charge is -2.35. The second kappa shape index (κ2) is 9.13. The lowest BCUT2D eigenvalue weighted by atomic mass is 10.1. The Hall–Kier alpha value is -2.12. The van der Waals surface area contributed by atoms with E-state index >= 15 is 0 Å². The van der Waals surface area contributed by atoms with Crippen LogP contribution in [0.4, 0.5) is 0 Å². The van der Waals surface area contributed by atoms with Crippen LogP contribution in [-0.4, -0.2) is 64.0 Å². The summed E-state index contributed by atoms with van der Waals surface area (Å²) >= 11 is 7.46. The van der Waals surface area contributed by atoms with Crippen molar-refractivity contribution in [3.63, 3.8) is 0 Å². The standard InChI is InChI=1S/C21H25ClN4O2S/c1-13(2)18-23-14(3)17(19(24-18)29-4)21(28)26-10-8-25(9-11-26)20(27)15-6-5-7-16(22)12-15/h5-7,12-13H,8-11H2,1-4H3. The molecule has 0 saturated carbocycles. The molecule has 0 N–H and O–H groups in total. The van der Waals surface area contributed by atoms with Gasteiger partial charge < -0.3 is 9.80 Å². The van der Waals surface area contributed by atoms with Gasteiger partial charge in [0.05, 0.1) is 11.3 Å². The van der Waals surface area contributed by atoms with Crippen LogP contribution in [-0.2, 0) is 0 Å². The summed E-state index contributed by atoms with van der Waals surface area (Å²) in [5.41, 5.74) is 1.84. The summed E-state index contributed by atoms with van der Waals surface area (Å²) in [6.07, 6.45) is 1.92. The van der Waals surface area contributed by atoms with E-state index in [9.17, 15) is 9.59 Å². The summed E-state index contributed by atoms with van der Waals surface area (Å²) in [5.74, 6) is 0.812. The Bertz CT molecular complexity index is 927. The van der Waals surface area contributed by atoms with Crippen LogP contribution in [0.3, 0.4) is 0 Å². The van der Waals surface area contributed by atoms with Crippen LogP contribution in [0.2, 0.25) is 5.02 Å². The van der Waals surface area contributed by atoms with Gasteiger partial charge in [-0.3, -0.25) is 9.59 Å². The fraction of sp³-hybridized carbons (Fsp3) is 0.429. The van der Waals surface area contributed by atoms with Crippen LogP contribution in [0.5, 0.6) is 0 Å². The molecule has 0 atom stereocenters. The Morgan fingerprint density at radius 2 is 1.69 bits per heavy atom. The van der Waals surface area contributed by atoms with Gasteiger partial charge in [0, 0.05) is 42.7 Å². The van der Waals surface area contributed by atoms with E-state index in [-0.39, 0.29) is 17.7 Å². The van der Waals surface area contributed by atoms with E-state index in [0.29, 0.717) is 53.0 Å². The summed E-state index contributed by atoms with van der Waals surface area (Å²) in [7, 11) is 0. The first-order valence-electron chi connectivity index (χ1n) is 9.58. The van der Waals surface area contributed by atoms with Crippen molar-refractivity contribution in [2.75, 3.05) is 32.4 Å². The number of hydrogen-bond acceptors (Lipinski definition) is 5. The normalized spacial score (nSPS) is 14.4. The van der Waals surface area contributed by atoms with Crippen molar-refractivity contribution in [1.29, 1.82) is 0 Å². The van der Waals surface area contributed by atoms with Crippen molar-refractivity contribution in [2.45, 2.75) is 31.7 Å². The van der Waals surface area contributed by atoms with E-state index in [2.05, 4.69) is 9.97 Å². The van der Waals surface area contributed by atoms with Gasteiger partial charge in [-0.05, 0) is 31.4 Å². The van der Waals surface area contributed by atoms with E-state index < -0.39 is 0 Å². The molecule has 0 unspecified atom stereocenters. The number of carbonyl (C=O) groups is 2. The maximum absolute atomic E-state index is 13.2. The number of rotatable bonds is 4. The molecular formula is C21H25ClN4O2S. The van der Waals surface area contributed by atoms with Gasteiger partial charge in [0.25, 0.3) is 11.8 Å². The van der Waals surface area contributed by atoms with E-state index in [0.717, 1.165) is 5.82 Å². The molecule has 1 aromatic carbocycles. The monoisotopic (exact) mass is 432 g/mol. The van der Waals surface area contributed by atoms with Crippen molar-refractivity contribution in [1.82, 2.24) is 19.8 Å². The highest BCUT2D eigenvalue weighted by Gasteiger charge is 2.29. The van der Waals surface area contributed by atoms with Crippen molar-refractivity contribution >= 4 is 35.2 Å². The Balaban J connectivity index is 1.73. The Morgan fingerprint density at radius 3 is 2.24 bits per heavy atom. The van der Waals surface area contributed by atoms with Gasteiger partial charge in [0.1, 0.15) is 10.9 Å². The maximum Gasteiger partial charge on any atom is 0.258 e. The summed E-state index contributed by atoms with van der Waals surface area (Å²) in [6, 6.07) is 6.94. The number of aromatic nitrogens is 2. The molecule has 1 saturated heterocycles. The minimum absolute atomic E-state index is 0.0646. The average Bonchev–Trinajstić information content (AvgIpc) is 2.72. The summed E-state index contributed by atoms with van der Waals surface area (Å²) in [4.78, 5) is 38.5. The zero-order valence-corrected chi connectivity index (χ0v) is 18.7. The van der Waals surface area contributed by atoms with Gasteiger partial charge in [-0.2, -0.15) is 0 Å². The number of thioether (sulfide) groups is 1. The first kappa shape index (κ1) is 21.6. The van der Waals surface area contributed by atoms with E-state index in [1.807, 2.05) is 27.0 Å². The SMILES string of the molecule is CSc1nc(C(C)C)nc(C)c1C(=O)N1CCN(C(=O)c2cccc(Cl)c2)CC1. The molecule has 1 aliphatic heterocycles. The quantitative estimate of drug-likeness (QED) is 0.541. The van der Waals surface area contributed by atoms with Crippen LogP contribution in [0.1, 0.15) is 52.0 Å². The minimum Gasteiger partial charge on any atom is -0.335 e. The van der Waals surface area contributed by atoms with Gasteiger partial charge in [-0.1, -0.05) is 31.5 Å². The van der Waals surface area contributed by atoms with Crippen LogP contribution < -0.4 is 0 Å². The highest BCUT2D eigenvalue weighted by atomic mass is 35.5. The predicted octanol–water partition coefficient (Wildman–Crippen LogP) is 3.88. The molecule has 1 fully saturated rings. The Morgan fingerprint density at radius 1 is 1.07 bits per heavy atom. The Labute approximate surface area is 180 Å². The van der Waals surface area contributed by atoms with Gasteiger partial charge in [0.15, 0.2) is 0 Å². The first-order chi connectivity index (χ1) is 13.8. The molecule has 2 amide bonds. The van der Waals surface area contributed by atoms with Crippen LogP contribution >= 0.6 is 23.4 Å². The molecule has 2 heterocycles. The number of nitrogens with zero attached hydrogens (tertiary/aromatic N) is 4. The summed E-state index contributed by atoms with van der Waals surface area (Å²) < 4.78 is 0. The van der Waals surface area contributed by atoms with E-state index in [1.165, 1.54) is 11.8 Å². The third kappa shape index (κ3) is 4.73. The fourth-order valence-corrected chi connectivity index (χ4v) is 4.11. The van der Waals surface area contributed by atoms with Gasteiger partial charge in [0.2, 0.25) is 0 Å². The topological polar surface area (TPSA) is 66.4 Å². The molecule has 1 aliphatic rings. The average molecular weight is 433 g/mol. The zero-order chi connectivity index (χ0) is 21.1. The van der Waals surface area contributed by atoms with Crippen LogP contribution in [0.25, 0.3) is 0 Å². The second-order valence-corrected chi connectivity index (χ2v) is 8.53. The first-order valence-corrected chi connectivity index (χ1v) is 11.2. The third-order valence-corrected chi connectivity index (χ3v) is 5.84. The molecule has 0 radical (unpaired) electrons. The van der Waals surface area contributed by atoms with E-state index in [1.54, 1.807) is 34.1 Å². The predicted molar refractivity (Wildman–Crippen MR) is 116 cm³/mol. The summed E-state index contributed by atoms with van der Waals surface area (Å²) in [5, 5.41) is 1.25. The molecule has 8 heteroatoms. The molecule has 154 valence electrons. The number of benzene rings is 1. The lowest BCUT2D eigenvalue weighted by molar-refractivity contribution is 0.0532. The van der Waals surface area contributed by atoms with E-state index in [4.69, 9.17) is 11.6 Å². The third-order valence-electron chi connectivity index (χ3n) is 4.92. The zero-order valence-electron chi connectivity index (χ0n) is 17.1. The number of hydrogen-bond donors (Lipinski definition) is 0. The molecule has 29 heavy (non-hydrogen) atoms. The molecule has 0 spiro atoms. The number of piperazine rings is 1. The number of halogens is 1. The number of amides is 2. The van der Waals surface area contributed by atoms with Crippen molar-refractivity contribution in [3.05, 3.63) is 51.9 Å². The van der Waals surface area contributed by atoms with Gasteiger partial charge in [-0.15, -0.1) is 11.8 Å². The van der Waals surface area contributed by atoms with Crippen molar-refractivity contribution in [2.24, 2.45) is 0 Å². The fourth-order valence-electron chi connectivity index (χ4n) is 3.29. The molecule has 1 aromatic heterocycles. The molecular weight excluding hydrogens is 408 g/mol. The van der Waals surface area contributed by atoms with Crippen molar-refractivity contribution in [3.8, 4) is 0 Å². The highest BCUT2D eigenvalue weighted by Crippen LogP contribution is 2.25. The largest absolute Gasteiger partial charge is 0.335 e. The minimum atomic E-state index is -0.0722.